The molecule has 16 heavy (non-hydrogen) atoms. The van der Waals surface area contributed by atoms with Crippen LogP contribution in [-0.4, -0.2) is 10.4 Å². The van der Waals surface area contributed by atoms with Crippen LogP contribution in [-0.2, 0) is 13.0 Å². The fraction of sp³-hybridized carbons (Fsp3) is 0.308. The van der Waals surface area contributed by atoms with Gasteiger partial charge in [-0.05, 0) is 34.9 Å². The topological polar surface area (TPSA) is 22.0 Å². The Morgan fingerprint density at radius 1 is 1.44 bits per heavy atom. The molecule has 0 aliphatic heterocycles. The van der Waals surface area contributed by atoms with Gasteiger partial charge in [0, 0.05) is 30.9 Å². The highest BCUT2D eigenvalue weighted by atomic mass is 32.1. The molecule has 2 nitrogen and oxygen atoms in total. The minimum Gasteiger partial charge on any atom is -0.353 e. The van der Waals surface area contributed by atoms with Crippen LogP contribution in [0.4, 0.5) is 0 Å². The fourth-order valence-electron chi connectivity index (χ4n) is 1.64. The summed E-state index contributed by atoms with van der Waals surface area (Å²) in [6.45, 7) is 2.83. The Bertz CT molecular complexity index is 456. The van der Waals surface area contributed by atoms with Gasteiger partial charge in [0.15, 0.2) is 5.78 Å². The van der Waals surface area contributed by atoms with Crippen molar-refractivity contribution in [1.29, 1.82) is 0 Å². The molecular weight excluding hydrogens is 218 g/mol. The normalized spacial score (nSPS) is 10.6. The second-order valence-corrected chi connectivity index (χ2v) is 4.58. The molecule has 84 valence electrons. The number of hydrogen-bond acceptors (Lipinski definition) is 2. The monoisotopic (exact) mass is 233 g/mol. The van der Waals surface area contributed by atoms with Crippen molar-refractivity contribution in [2.24, 2.45) is 0 Å². The van der Waals surface area contributed by atoms with E-state index in [1.165, 1.54) is 5.56 Å². The summed E-state index contributed by atoms with van der Waals surface area (Å²) < 4.78 is 2.08. The number of Topliss-reactive ketones (excluding diaryl/α,β-unsaturated/α-hetero) is 1. The van der Waals surface area contributed by atoms with Gasteiger partial charge in [-0.15, -0.1) is 0 Å². The van der Waals surface area contributed by atoms with Gasteiger partial charge >= 0.3 is 0 Å². The maximum Gasteiger partial charge on any atom is 0.164 e. The minimum atomic E-state index is 0.217. The van der Waals surface area contributed by atoms with E-state index in [2.05, 4.69) is 21.4 Å². The van der Waals surface area contributed by atoms with Crippen LogP contribution in [0.1, 0.15) is 29.3 Å². The first-order valence-corrected chi connectivity index (χ1v) is 6.44. The number of hydrogen-bond donors (Lipinski definition) is 0. The van der Waals surface area contributed by atoms with Gasteiger partial charge in [0.05, 0.1) is 0 Å². The van der Waals surface area contributed by atoms with Gasteiger partial charge < -0.3 is 4.57 Å². The van der Waals surface area contributed by atoms with E-state index in [4.69, 9.17) is 0 Å². The van der Waals surface area contributed by atoms with E-state index < -0.39 is 0 Å². The first kappa shape index (κ1) is 11.1. The molecule has 3 heteroatoms. The Labute approximate surface area is 99.5 Å². The van der Waals surface area contributed by atoms with Crippen LogP contribution in [0.5, 0.6) is 0 Å². The maximum absolute atomic E-state index is 11.4. The molecule has 2 heterocycles. The number of nitrogens with zero attached hydrogens (tertiary/aromatic N) is 1. The van der Waals surface area contributed by atoms with Crippen molar-refractivity contribution in [3.05, 3.63) is 46.4 Å². The number of aryl methyl sites for hydroxylation is 2. The zero-order valence-corrected chi connectivity index (χ0v) is 10.2. The molecule has 0 saturated carbocycles. The van der Waals surface area contributed by atoms with Crippen molar-refractivity contribution in [3.63, 3.8) is 0 Å². The number of ketones is 1. The molecule has 0 saturated heterocycles. The average Bonchev–Trinajstić information content (AvgIpc) is 2.96. The Morgan fingerprint density at radius 3 is 3.00 bits per heavy atom. The first-order chi connectivity index (χ1) is 7.79. The molecular formula is C13H15NOS. The van der Waals surface area contributed by atoms with Crippen molar-refractivity contribution in [3.8, 4) is 0 Å². The molecule has 2 rings (SSSR count). The highest BCUT2D eigenvalue weighted by Crippen LogP contribution is 2.09. The summed E-state index contributed by atoms with van der Waals surface area (Å²) in [5.41, 5.74) is 2.19. The Kier molecular flexibility index (Phi) is 3.57. The molecule has 2 aromatic heterocycles. The largest absolute Gasteiger partial charge is 0.353 e. The van der Waals surface area contributed by atoms with Crippen molar-refractivity contribution in [2.45, 2.75) is 26.3 Å². The average molecular weight is 233 g/mol. The summed E-state index contributed by atoms with van der Waals surface area (Å²) in [7, 11) is 0. The third-order valence-electron chi connectivity index (χ3n) is 2.63. The lowest BCUT2D eigenvalue weighted by molar-refractivity contribution is 0.0988. The Hall–Kier alpha value is -1.35. The number of thiophene rings is 1. The predicted octanol–water partition coefficient (Wildman–Crippen LogP) is 3.39. The van der Waals surface area contributed by atoms with Gasteiger partial charge in [0.25, 0.3) is 0 Å². The van der Waals surface area contributed by atoms with E-state index in [1.807, 2.05) is 25.4 Å². The molecule has 0 spiro atoms. The molecule has 0 radical (unpaired) electrons. The van der Waals surface area contributed by atoms with Crippen LogP contribution in [0.25, 0.3) is 0 Å². The smallest absolute Gasteiger partial charge is 0.164 e. The first-order valence-electron chi connectivity index (χ1n) is 5.49. The van der Waals surface area contributed by atoms with Gasteiger partial charge in [-0.25, -0.2) is 0 Å². The molecule has 0 bridgehead atoms. The van der Waals surface area contributed by atoms with Gasteiger partial charge in [-0.2, -0.15) is 11.3 Å². The molecule has 0 aliphatic rings. The highest BCUT2D eigenvalue weighted by molar-refractivity contribution is 7.07. The highest BCUT2D eigenvalue weighted by Gasteiger charge is 2.04. The van der Waals surface area contributed by atoms with Crippen molar-refractivity contribution in [2.75, 3.05) is 0 Å². The van der Waals surface area contributed by atoms with Crippen LogP contribution >= 0.6 is 11.3 Å². The maximum atomic E-state index is 11.4. The summed E-state index contributed by atoms with van der Waals surface area (Å²) in [5, 5.41) is 4.26. The molecule has 0 aliphatic carbocycles. The number of aromatic nitrogens is 1. The lowest BCUT2D eigenvalue weighted by Gasteiger charge is -2.00. The number of carbonyl (C=O) groups is 1. The molecule has 2 aromatic rings. The summed E-state index contributed by atoms with van der Waals surface area (Å²) >= 11 is 1.73. The van der Waals surface area contributed by atoms with Gasteiger partial charge in [0.1, 0.15) is 0 Å². The molecule has 0 atom stereocenters. The molecule has 0 unspecified atom stereocenters. The van der Waals surface area contributed by atoms with Gasteiger partial charge in [0.2, 0.25) is 0 Å². The number of carbonyl (C=O) groups excluding carboxylic acids is 1. The lowest BCUT2D eigenvalue weighted by Crippen LogP contribution is -1.99. The standard InChI is InChI=1S/C13H15NOS/c1-2-13(15)12-4-7-14(9-12)6-3-11-5-8-16-10-11/h4-5,7-10H,2-3,6H2,1H3. The van der Waals surface area contributed by atoms with Crippen molar-refractivity contribution < 1.29 is 4.79 Å². The lowest BCUT2D eigenvalue weighted by atomic mass is 10.2. The quantitative estimate of drug-likeness (QED) is 0.726. The van der Waals surface area contributed by atoms with Crippen LogP contribution in [0.2, 0.25) is 0 Å². The van der Waals surface area contributed by atoms with Crippen LogP contribution in [0.15, 0.2) is 35.3 Å². The summed E-state index contributed by atoms with van der Waals surface area (Å²) in [4.78, 5) is 11.4. The Morgan fingerprint density at radius 2 is 2.31 bits per heavy atom. The summed E-state index contributed by atoms with van der Waals surface area (Å²) in [5.74, 6) is 0.217. The summed E-state index contributed by atoms with van der Waals surface area (Å²) in [6, 6.07) is 4.05. The van der Waals surface area contributed by atoms with E-state index in [0.717, 1.165) is 18.5 Å². The van der Waals surface area contributed by atoms with E-state index in [9.17, 15) is 4.79 Å². The van der Waals surface area contributed by atoms with Crippen LogP contribution < -0.4 is 0 Å². The van der Waals surface area contributed by atoms with Crippen molar-refractivity contribution in [1.82, 2.24) is 4.57 Å². The van der Waals surface area contributed by atoms with E-state index in [-0.39, 0.29) is 5.78 Å². The minimum absolute atomic E-state index is 0.217. The van der Waals surface area contributed by atoms with Crippen LogP contribution in [0.3, 0.4) is 0 Å². The molecule has 0 N–H and O–H groups in total. The second kappa shape index (κ2) is 5.12. The molecule has 0 fully saturated rings. The molecule has 0 aromatic carbocycles. The van der Waals surface area contributed by atoms with E-state index in [0.29, 0.717) is 6.42 Å². The third-order valence-corrected chi connectivity index (χ3v) is 3.36. The third kappa shape index (κ3) is 2.61. The zero-order valence-electron chi connectivity index (χ0n) is 9.35. The molecule has 0 amide bonds. The second-order valence-electron chi connectivity index (χ2n) is 3.80. The predicted molar refractivity (Wildman–Crippen MR) is 67.1 cm³/mol. The van der Waals surface area contributed by atoms with Crippen LogP contribution in [0, 0.1) is 0 Å². The SMILES string of the molecule is CCC(=O)c1ccn(CCc2ccsc2)c1. The summed E-state index contributed by atoms with van der Waals surface area (Å²) in [6.07, 6.45) is 5.53. The Balaban J connectivity index is 1.95. The van der Waals surface area contributed by atoms with E-state index in [1.54, 1.807) is 11.3 Å². The van der Waals surface area contributed by atoms with Gasteiger partial charge in [-0.1, -0.05) is 6.92 Å². The number of rotatable bonds is 5. The van der Waals surface area contributed by atoms with Gasteiger partial charge in [-0.3, -0.25) is 4.79 Å². The zero-order chi connectivity index (χ0) is 11.4. The van der Waals surface area contributed by atoms with E-state index >= 15 is 0 Å². The fourth-order valence-corrected chi connectivity index (χ4v) is 2.35. The van der Waals surface area contributed by atoms with Crippen molar-refractivity contribution >= 4 is 17.1 Å².